The Morgan fingerprint density at radius 3 is 3.00 bits per heavy atom. The topological polar surface area (TPSA) is 58.0 Å². The molecule has 1 aliphatic rings. The summed E-state index contributed by atoms with van der Waals surface area (Å²) in [7, 11) is 0. The van der Waals surface area contributed by atoms with E-state index in [0.717, 1.165) is 28.8 Å². The summed E-state index contributed by atoms with van der Waals surface area (Å²) in [6, 6.07) is 0. The lowest BCUT2D eigenvalue weighted by molar-refractivity contribution is 0.0486. The number of halogens is 1. The summed E-state index contributed by atoms with van der Waals surface area (Å²) in [6.07, 6.45) is 5.07. The minimum absolute atomic E-state index is 0.0775. The van der Waals surface area contributed by atoms with Crippen molar-refractivity contribution in [1.29, 1.82) is 0 Å². The van der Waals surface area contributed by atoms with E-state index in [1.807, 2.05) is 0 Å². The molecule has 1 aromatic heterocycles. The van der Waals surface area contributed by atoms with Gasteiger partial charge in [-0.25, -0.2) is 9.97 Å². The van der Waals surface area contributed by atoms with Crippen LogP contribution in [-0.4, -0.2) is 27.7 Å². The maximum atomic E-state index is 9.12. The fourth-order valence-corrected chi connectivity index (χ4v) is 2.04. The molecule has 1 heterocycles. The Morgan fingerprint density at radius 1 is 1.57 bits per heavy atom. The SMILES string of the molecule is OC1CC(CNc2ncncc2I)C1. The van der Waals surface area contributed by atoms with Gasteiger partial charge in [0.1, 0.15) is 12.1 Å². The number of anilines is 1. The molecule has 1 aromatic rings. The third-order valence-corrected chi connectivity index (χ3v) is 3.23. The molecule has 0 radical (unpaired) electrons. The lowest BCUT2D eigenvalue weighted by Crippen LogP contribution is -2.33. The minimum atomic E-state index is -0.0775. The molecule has 14 heavy (non-hydrogen) atoms. The molecule has 2 rings (SSSR count). The summed E-state index contributed by atoms with van der Waals surface area (Å²) in [5.41, 5.74) is 0. The van der Waals surface area contributed by atoms with E-state index >= 15 is 0 Å². The van der Waals surface area contributed by atoms with Gasteiger partial charge in [0.2, 0.25) is 0 Å². The van der Waals surface area contributed by atoms with Crippen molar-refractivity contribution < 1.29 is 5.11 Å². The normalized spacial score (nSPS) is 25.6. The fourth-order valence-electron chi connectivity index (χ4n) is 1.55. The van der Waals surface area contributed by atoms with E-state index in [2.05, 4.69) is 37.9 Å². The Morgan fingerprint density at radius 2 is 2.36 bits per heavy atom. The summed E-state index contributed by atoms with van der Waals surface area (Å²) in [6.45, 7) is 0.893. The van der Waals surface area contributed by atoms with E-state index in [1.165, 1.54) is 0 Å². The van der Waals surface area contributed by atoms with E-state index in [9.17, 15) is 0 Å². The third kappa shape index (κ3) is 2.33. The van der Waals surface area contributed by atoms with Crippen LogP contribution in [0.1, 0.15) is 12.8 Å². The van der Waals surface area contributed by atoms with Crippen LogP contribution >= 0.6 is 22.6 Å². The number of rotatable bonds is 3. The van der Waals surface area contributed by atoms with Crippen molar-refractivity contribution in [2.45, 2.75) is 18.9 Å². The molecule has 0 bridgehead atoms. The first-order valence-corrected chi connectivity index (χ1v) is 5.71. The average molecular weight is 305 g/mol. The van der Waals surface area contributed by atoms with Gasteiger partial charge in [-0.05, 0) is 41.4 Å². The first-order chi connectivity index (χ1) is 6.75. The van der Waals surface area contributed by atoms with E-state index in [4.69, 9.17) is 5.11 Å². The highest BCUT2D eigenvalue weighted by molar-refractivity contribution is 14.1. The van der Waals surface area contributed by atoms with Crippen molar-refractivity contribution >= 4 is 28.4 Å². The van der Waals surface area contributed by atoms with Gasteiger partial charge in [-0.2, -0.15) is 0 Å². The van der Waals surface area contributed by atoms with E-state index in [0.29, 0.717) is 5.92 Å². The van der Waals surface area contributed by atoms with Crippen LogP contribution in [0.5, 0.6) is 0 Å². The molecule has 0 aromatic carbocycles. The highest BCUT2D eigenvalue weighted by atomic mass is 127. The predicted octanol–water partition coefficient (Wildman–Crippen LogP) is 1.26. The van der Waals surface area contributed by atoms with Crippen LogP contribution < -0.4 is 5.32 Å². The molecule has 1 aliphatic carbocycles. The molecule has 1 fully saturated rings. The van der Waals surface area contributed by atoms with E-state index in [1.54, 1.807) is 12.5 Å². The molecular formula is C9H12IN3O. The van der Waals surface area contributed by atoms with Crippen LogP contribution in [0.3, 0.4) is 0 Å². The van der Waals surface area contributed by atoms with Gasteiger partial charge < -0.3 is 10.4 Å². The number of nitrogens with one attached hydrogen (secondary N) is 1. The zero-order chi connectivity index (χ0) is 9.97. The van der Waals surface area contributed by atoms with Crippen LogP contribution in [0.15, 0.2) is 12.5 Å². The van der Waals surface area contributed by atoms with Crippen molar-refractivity contribution in [3.05, 3.63) is 16.1 Å². The molecule has 76 valence electrons. The minimum Gasteiger partial charge on any atom is -0.393 e. The second kappa shape index (κ2) is 4.39. The maximum Gasteiger partial charge on any atom is 0.142 e. The third-order valence-electron chi connectivity index (χ3n) is 2.44. The second-order valence-corrected chi connectivity index (χ2v) is 4.75. The molecule has 2 N–H and O–H groups in total. The molecule has 5 heteroatoms. The van der Waals surface area contributed by atoms with Gasteiger partial charge >= 0.3 is 0 Å². The van der Waals surface area contributed by atoms with Crippen molar-refractivity contribution in [1.82, 2.24) is 9.97 Å². The highest BCUT2D eigenvalue weighted by Crippen LogP contribution is 2.27. The summed E-state index contributed by atoms with van der Waals surface area (Å²) in [4.78, 5) is 8.06. The van der Waals surface area contributed by atoms with Gasteiger partial charge in [0.25, 0.3) is 0 Å². The quantitative estimate of drug-likeness (QED) is 0.826. The lowest BCUT2D eigenvalue weighted by atomic mass is 9.82. The van der Waals surface area contributed by atoms with E-state index < -0.39 is 0 Å². The number of hydrogen-bond donors (Lipinski definition) is 2. The first kappa shape index (κ1) is 10.1. The van der Waals surface area contributed by atoms with Gasteiger partial charge in [-0.15, -0.1) is 0 Å². The highest BCUT2D eigenvalue weighted by Gasteiger charge is 2.26. The maximum absolute atomic E-state index is 9.12. The van der Waals surface area contributed by atoms with Crippen LogP contribution in [0.25, 0.3) is 0 Å². The Kier molecular flexibility index (Phi) is 3.17. The van der Waals surface area contributed by atoms with Gasteiger partial charge in [-0.1, -0.05) is 0 Å². The molecule has 0 aliphatic heterocycles. The van der Waals surface area contributed by atoms with Gasteiger partial charge in [0, 0.05) is 12.7 Å². The number of aliphatic hydroxyl groups is 1. The molecule has 4 nitrogen and oxygen atoms in total. The average Bonchev–Trinajstić information content (AvgIpc) is 2.13. The summed E-state index contributed by atoms with van der Waals surface area (Å²) >= 11 is 2.20. The van der Waals surface area contributed by atoms with E-state index in [-0.39, 0.29) is 6.10 Å². The second-order valence-electron chi connectivity index (χ2n) is 3.59. The first-order valence-electron chi connectivity index (χ1n) is 4.63. The predicted molar refractivity (Wildman–Crippen MR) is 62.0 cm³/mol. The zero-order valence-electron chi connectivity index (χ0n) is 7.65. The van der Waals surface area contributed by atoms with Crippen LogP contribution in [0.2, 0.25) is 0 Å². The molecule has 0 amide bonds. The van der Waals surface area contributed by atoms with Crippen LogP contribution in [0, 0.1) is 9.49 Å². The summed E-state index contributed by atoms with van der Waals surface area (Å²) < 4.78 is 1.03. The monoisotopic (exact) mass is 305 g/mol. The Labute approximate surface area is 96.3 Å². The van der Waals surface area contributed by atoms with Crippen molar-refractivity contribution in [2.24, 2.45) is 5.92 Å². The molecule has 0 spiro atoms. The number of nitrogens with zero attached hydrogens (tertiary/aromatic N) is 2. The molecular weight excluding hydrogens is 293 g/mol. The Balaban J connectivity index is 1.83. The van der Waals surface area contributed by atoms with Gasteiger partial charge in [0.15, 0.2) is 0 Å². The molecule has 0 saturated heterocycles. The van der Waals surface area contributed by atoms with Crippen molar-refractivity contribution in [2.75, 3.05) is 11.9 Å². The molecule has 0 unspecified atom stereocenters. The fraction of sp³-hybridized carbons (Fsp3) is 0.556. The standard InChI is InChI=1S/C9H12IN3O/c10-8-4-11-5-13-9(8)12-3-6-1-7(14)2-6/h4-7,14H,1-3H2,(H,11,12,13). The summed E-state index contributed by atoms with van der Waals surface area (Å²) in [5, 5.41) is 12.4. The van der Waals surface area contributed by atoms with Crippen molar-refractivity contribution in [3.8, 4) is 0 Å². The number of aromatic nitrogens is 2. The molecule has 1 saturated carbocycles. The van der Waals surface area contributed by atoms with Crippen LogP contribution in [-0.2, 0) is 0 Å². The van der Waals surface area contributed by atoms with Gasteiger partial charge in [0.05, 0.1) is 9.67 Å². The van der Waals surface area contributed by atoms with Crippen LogP contribution in [0.4, 0.5) is 5.82 Å². The Bertz CT molecular complexity index is 315. The Hall–Kier alpha value is -0.430. The van der Waals surface area contributed by atoms with Crippen molar-refractivity contribution in [3.63, 3.8) is 0 Å². The number of hydrogen-bond acceptors (Lipinski definition) is 4. The molecule has 0 atom stereocenters. The summed E-state index contributed by atoms with van der Waals surface area (Å²) in [5.74, 6) is 1.48. The lowest BCUT2D eigenvalue weighted by Gasteiger charge is -2.31. The number of aliphatic hydroxyl groups excluding tert-OH is 1. The largest absolute Gasteiger partial charge is 0.393 e. The van der Waals surface area contributed by atoms with Gasteiger partial charge in [-0.3, -0.25) is 0 Å². The zero-order valence-corrected chi connectivity index (χ0v) is 9.81. The smallest absolute Gasteiger partial charge is 0.142 e.